The standard InChI is InChI=1S/C25H20N4/c26-13-1-5-17-18-6-2-14(27)10-22(18)25(21(17)9-13)23-11-15(28)3-7-19(23)20-8-4-16(29)12-24(20)25/h1-12H,26-29H2. The zero-order valence-corrected chi connectivity index (χ0v) is 15.7. The van der Waals surface area contributed by atoms with Gasteiger partial charge in [0.15, 0.2) is 0 Å². The van der Waals surface area contributed by atoms with Crippen molar-refractivity contribution < 1.29 is 0 Å². The lowest BCUT2D eigenvalue weighted by molar-refractivity contribution is 0.795. The zero-order valence-electron chi connectivity index (χ0n) is 15.7. The minimum atomic E-state index is -0.537. The average Bonchev–Trinajstić information content (AvgIpc) is 3.13. The molecule has 1 spiro atoms. The Kier molecular flexibility index (Phi) is 2.83. The summed E-state index contributed by atoms with van der Waals surface area (Å²) in [6, 6.07) is 24.5. The van der Waals surface area contributed by atoms with E-state index in [1.807, 2.05) is 24.3 Å². The molecule has 2 aliphatic rings. The van der Waals surface area contributed by atoms with E-state index in [1.165, 1.54) is 0 Å². The number of fused-ring (bicyclic) bond motifs is 10. The van der Waals surface area contributed by atoms with Gasteiger partial charge in [-0.05, 0) is 93.0 Å². The van der Waals surface area contributed by atoms with Crippen LogP contribution in [-0.4, -0.2) is 0 Å². The van der Waals surface area contributed by atoms with Crippen molar-refractivity contribution in [1.82, 2.24) is 0 Å². The normalized spacial score (nSPS) is 14.3. The second-order valence-corrected chi connectivity index (χ2v) is 7.97. The van der Waals surface area contributed by atoms with Gasteiger partial charge in [-0.25, -0.2) is 0 Å². The summed E-state index contributed by atoms with van der Waals surface area (Å²) in [5, 5.41) is 0. The SMILES string of the molecule is Nc1ccc2c(c1)C1(c3cc(N)ccc3-2)c2cc(N)ccc2-c2ccc(N)cc21. The summed E-state index contributed by atoms with van der Waals surface area (Å²) in [6.45, 7) is 0. The van der Waals surface area contributed by atoms with Crippen molar-refractivity contribution in [2.45, 2.75) is 5.41 Å². The Morgan fingerprint density at radius 2 is 0.621 bits per heavy atom. The molecule has 0 unspecified atom stereocenters. The Labute approximate surface area is 168 Å². The first-order chi connectivity index (χ1) is 14.0. The number of hydrogen-bond acceptors (Lipinski definition) is 4. The first-order valence-corrected chi connectivity index (χ1v) is 9.61. The van der Waals surface area contributed by atoms with Crippen molar-refractivity contribution in [2.75, 3.05) is 22.9 Å². The lowest BCUT2D eigenvalue weighted by Gasteiger charge is -2.31. The van der Waals surface area contributed by atoms with Crippen LogP contribution < -0.4 is 22.9 Å². The van der Waals surface area contributed by atoms with Gasteiger partial charge >= 0.3 is 0 Å². The topological polar surface area (TPSA) is 104 Å². The van der Waals surface area contributed by atoms with Crippen molar-refractivity contribution in [3.8, 4) is 22.3 Å². The first kappa shape index (κ1) is 16.1. The molecule has 140 valence electrons. The fourth-order valence-electron chi connectivity index (χ4n) is 5.30. The summed E-state index contributed by atoms with van der Waals surface area (Å²) in [7, 11) is 0. The molecule has 0 saturated heterocycles. The highest BCUT2D eigenvalue weighted by atomic mass is 14.6. The van der Waals surface area contributed by atoms with Crippen LogP contribution in [-0.2, 0) is 5.41 Å². The molecule has 0 fully saturated rings. The van der Waals surface area contributed by atoms with Gasteiger partial charge in [-0.2, -0.15) is 0 Å². The molecule has 4 aromatic rings. The molecule has 0 bridgehead atoms. The third kappa shape index (κ3) is 1.83. The second kappa shape index (κ2) is 5.11. The maximum absolute atomic E-state index is 6.27. The molecular weight excluding hydrogens is 356 g/mol. The van der Waals surface area contributed by atoms with Crippen LogP contribution in [0.3, 0.4) is 0 Å². The van der Waals surface area contributed by atoms with E-state index in [1.54, 1.807) is 0 Å². The highest BCUT2D eigenvalue weighted by Gasteiger charge is 2.52. The largest absolute Gasteiger partial charge is 0.399 e. The smallest absolute Gasteiger partial charge is 0.0728 e. The van der Waals surface area contributed by atoms with E-state index >= 15 is 0 Å². The predicted octanol–water partition coefficient (Wildman–Crippen LogP) is 4.36. The number of nitrogens with two attached hydrogens (primary N) is 4. The highest BCUT2D eigenvalue weighted by molar-refractivity contribution is 5.97. The fourth-order valence-corrected chi connectivity index (χ4v) is 5.30. The van der Waals surface area contributed by atoms with Gasteiger partial charge in [0.2, 0.25) is 0 Å². The van der Waals surface area contributed by atoms with Crippen LogP contribution in [0.25, 0.3) is 22.3 Å². The highest BCUT2D eigenvalue weighted by Crippen LogP contribution is 2.63. The summed E-state index contributed by atoms with van der Waals surface area (Å²) in [6.07, 6.45) is 0. The number of rotatable bonds is 0. The van der Waals surface area contributed by atoms with E-state index in [-0.39, 0.29) is 0 Å². The van der Waals surface area contributed by atoms with Gasteiger partial charge in [0.05, 0.1) is 5.41 Å². The molecule has 4 heteroatoms. The van der Waals surface area contributed by atoms with E-state index in [0.717, 1.165) is 67.3 Å². The van der Waals surface area contributed by atoms with Gasteiger partial charge in [-0.15, -0.1) is 0 Å². The third-order valence-corrected chi connectivity index (χ3v) is 6.37. The molecule has 0 aromatic heterocycles. The summed E-state index contributed by atoms with van der Waals surface area (Å²) >= 11 is 0. The van der Waals surface area contributed by atoms with Crippen LogP contribution in [0.15, 0.2) is 72.8 Å². The molecule has 0 amide bonds. The Bertz CT molecular complexity index is 1140. The molecule has 0 radical (unpaired) electrons. The van der Waals surface area contributed by atoms with Crippen LogP contribution in [0.4, 0.5) is 22.7 Å². The van der Waals surface area contributed by atoms with Crippen molar-refractivity contribution in [2.24, 2.45) is 0 Å². The average molecular weight is 376 g/mol. The van der Waals surface area contributed by atoms with E-state index in [0.29, 0.717) is 0 Å². The van der Waals surface area contributed by atoms with Crippen LogP contribution in [0.1, 0.15) is 22.3 Å². The van der Waals surface area contributed by atoms with Gasteiger partial charge in [0, 0.05) is 22.7 Å². The zero-order chi connectivity index (χ0) is 19.9. The van der Waals surface area contributed by atoms with E-state index in [9.17, 15) is 0 Å². The van der Waals surface area contributed by atoms with Crippen LogP contribution >= 0.6 is 0 Å². The van der Waals surface area contributed by atoms with Gasteiger partial charge in [-0.3, -0.25) is 0 Å². The van der Waals surface area contributed by atoms with Gasteiger partial charge in [0.1, 0.15) is 0 Å². The van der Waals surface area contributed by atoms with Crippen molar-refractivity contribution in [3.63, 3.8) is 0 Å². The molecule has 8 N–H and O–H groups in total. The van der Waals surface area contributed by atoms with Crippen LogP contribution in [0.5, 0.6) is 0 Å². The van der Waals surface area contributed by atoms with Gasteiger partial charge < -0.3 is 22.9 Å². The Hall–Kier alpha value is -3.92. The van der Waals surface area contributed by atoms with Crippen LogP contribution in [0.2, 0.25) is 0 Å². The first-order valence-electron chi connectivity index (χ1n) is 9.61. The fraction of sp³-hybridized carbons (Fsp3) is 0.0400. The second-order valence-electron chi connectivity index (χ2n) is 7.97. The number of anilines is 4. The van der Waals surface area contributed by atoms with Gasteiger partial charge in [-0.1, -0.05) is 24.3 Å². The molecule has 29 heavy (non-hydrogen) atoms. The minimum absolute atomic E-state index is 0.537. The lowest BCUT2D eigenvalue weighted by Crippen LogP contribution is -2.26. The minimum Gasteiger partial charge on any atom is -0.399 e. The maximum Gasteiger partial charge on any atom is 0.0728 e. The Balaban J connectivity index is 1.88. The Morgan fingerprint density at radius 3 is 0.862 bits per heavy atom. The molecule has 4 nitrogen and oxygen atoms in total. The summed E-state index contributed by atoms with van der Waals surface area (Å²) < 4.78 is 0. The quantitative estimate of drug-likeness (QED) is 0.296. The molecule has 0 aliphatic heterocycles. The number of benzene rings is 4. The lowest BCUT2D eigenvalue weighted by atomic mass is 9.70. The number of nitrogen functional groups attached to an aromatic ring is 4. The molecule has 0 heterocycles. The van der Waals surface area contributed by atoms with Crippen molar-refractivity contribution >= 4 is 22.7 Å². The Morgan fingerprint density at radius 1 is 0.379 bits per heavy atom. The van der Waals surface area contributed by atoms with Crippen molar-refractivity contribution in [3.05, 3.63) is 95.1 Å². The molecule has 2 aliphatic carbocycles. The van der Waals surface area contributed by atoms with E-state index in [4.69, 9.17) is 22.9 Å². The van der Waals surface area contributed by atoms with E-state index < -0.39 is 5.41 Å². The third-order valence-electron chi connectivity index (χ3n) is 6.37. The molecule has 4 aromatic carbocycles. The molecule has 6 rings (SSSR count). The van der Waals surface area contributed by atoms with Gasteiger partial charge in [0.25, 0.3) is 0 Å². The summed E-state index contributed by atoms with van der Waals surface area (Å²) in [4.78, 5) is 0. The molecular formula is C25H20N4. The summed E-state index contributed by atoms with van der Waals surface area (Å²) in [5.74, 6) is 0. The van der Waals surface area contributed by atoms with Crippen LogP contribution in [0, 0.1) is 0 Å². The monoisotopic (exact) mass is 376 g/mol. The van der Waals surface area contributed by atoms with E-state index in [2.05, 4.69) is 48.5 Å². The molecule has 0 saturated carbocycles. The maximum atomic E-state index is 6.27. The summed E-state index contributed by atoms with van der Waals surface area (Å²) in [5.41, 5.74) is 36.7. The number of hydrogen-bond donors (Lipinski definition) is 4. The van der Waals surface area contributed by atoms with Crippen molar-refractivity contribution in [1.29, 1.82) is 0 Å². The molecule has 0 atom stereocenters. The predicted molar refractivity (Wildman–Crippen MR) is 120 cm³/mol.